The Kier molecular flexibility index (Phi) is 8.37. The molecule has 1 aliphatic carbocycles. The summed E-state index contributed by atoms with van der Waals surface area (Å²) in [6.07, 6.45) is 9.76. The molecule has 0 radical (unpaired) electrons. The van der Waals surface area contributed by atoms with Gasteiger partial charge in [0.15, 0.2) is 0 Å². The molecule has 12 heteroatoms. The number of ether oxygens (including phenoxy) is 2. The van der Waals surface area contributed by atoms with Crippen LogP contribution in [0.1, 0.15) is 66.8 Å². The van der Waals surface area contributed by atoms with Crippen LogP contribution in [0.5, 0.6) is 11.9 Å². The minimum atomic E-state index is -3.90. The number of carboxylic acids is 1. The van der Waals surface area contributed by atoms with Crippen molar-refractivity contribution in [2.24, 2.45) is 0 Å². The van der Waals surface area contributed by atoms with Crippen LogP contribution in [0.2, 0.25) is 0 Å². The van der Waals surface area contributed by atoms with E-state index in [1.807, 2.05) is 18.2 Å². The fraction of sp³-hybridized carbons (Fsp3) is 0.375. The molecule has 1 saturated carbocycles. The lowest BCUT2D eigenvalue weighted by Crippen LogP contribution is -2.36. The predicted octanol–water partition coefficient (Wildman–Crippen LogP) is 5.98. The molecule has 2 N–H and O–H groups in total. The molecule has 3 heterocycles. The van der Waals surface area contributed by atoms with Gasteiger partial charge in [0.05, 0.1) is 36.6 Å². The molecular weight excluding hydrogens is 582 g/mol. The second-order valence-electron chi connectivity index (χ2n) is 11.2. The highest BCUT2D eigenvalue weighted by Crippen LogP contribution is 2.40. The lowest BCUT2D eigenvalue weighted by atomic mass is 9.95. The Morgan fingerprint density at radius 2 is 1.73 bits per heavy atom. The van der Waals surface area contributed by atoms with E-state index in [1.165, 1.54) is 24.7 Å². The third-order valence-electron chi connectivity index (χ3n) is 8.48. The number of sulfonamides is 1. The van der Waals surface area contributed by atoms with Crippen LogP contribution >= 0.6 is 0 Å². The smallest absolute Gasteiger partial charge is 0.335 e. The van der Waals surface area contributed by atoms with Gasteiger partial charge in [-0.3, -0.25) is 4.98 Å². The van der Waals surface area contributed by atoms with Gasteiger partial charge in [-0.1, -0.05) is 31.4 Å². The molecule has 0 atom stereocenters. The Morgan fingerprint density at radius 3 is 2.43 bits per heavy atom. The largest absolute Gasteiger partial charge is 0.480 e. The van der Waals surface area contributed by atoms with Crippen LogP contribution in [-0.4, -0.2) is 66.1 Å². The zero-order valence-corrected chi connectivity index (χ0v) is 25.6. The van der Waals surface area contributed by atoms with E-state index in [0.717, 1.165) is 56.1 Å². The Balaban J connectivity index is 1.50. The van der Waals surface area contributed by atoms with Crippen molar-refractivity contribution >= 4 is 38.3 Å². The Labute approximate surface area is 256 Å². The van der Waals surface area contributed by atoms with E-state index in [4.69, 9.17) is 9.47 Å². The summed E-state index contributed by atoms with van der Waals surface area (Å²) in [6, 6.07) is 10.9. The molecule has 6 rings (SSSR count). The number of pyridine rings is 1. The molecule has 0 unspecified atom stereocenters. The first-order valence-electron chi connectivity index (χ1n) is 14.8. The van der Waals surface area contributed by atoms with Crippen LogP contribution in [0.4, 0.5) is 11.4 Å². The summed E-state index contributed by atoms with van der Waals surface area (Å²) in [4.78, 5) is 25.3. The molecule has 2 fully saturated rings. The zero-order chi connectivity index (χ0) is 30.8. The molecule has 0 spiro atoms. The Morgan fingerprint density at radius 1 is 0.955 bits per heavy atom. The lowest BCUT2D eigenvalue weighted by Gasteiger charge is -2.27. The first kappa shape index (κ1) is 29.8. The van der Waals surface area contributed by atoms with E-state index >= 15 is 0 Å². The predicted molar refractivity (Wildman–Crippen MR) is 166 cm³/mol. The summed E-state index contributed by atoms with van der Waals surface area (Å²) in [5, 5.41) is 13.8. The van der Waals surface area contributed by atoms with Crippen LogP contribution in [0.3, 0.4) is 0 Å². The number of hydrogen-bond acceptors (Lipinski definition) is 9. The van der Waals surface area contributed by atoms with Crippen molar-refractivity contribution in [3.05, 3.63) is 59.9 Å². The van der Waals surface area contributed by atoms with Crippen LogP contribution in [0.15, 0.2) is 53.7 Å². The van der Waals surface area contributed by atoms with E-state index in [0.29, 0.717) is 46.8 Å². The minimum Gasteiger partial charge on any atom is -0.480 e. The highest BCUT2D eigenvalue weighted by molar-refractivity contribution is 7.89. The molecule has 2 aromatic carbocycles. The highest BCUT2D eigenvalue weighted by Gasteiger charge is 2.30. The van der Waals surface area contributed by atoms with Crippen molar-refractivity contribution in [2.45, 2.75) is 55.8 Å². The average Bonchev–Trinajstić information content (AvgIpc) is 3.60. The zero-order valence-electron chi connectivity index (χ0n) is 24.7. The Bertz CT molecular complexity index is 1820. The number of rotatable bonds is 9. The monoisotopic (exact) mass is 617 g/mol. The van der Waals surface area contributed by atoms with Crippen molar-refractivity contribution in [2.75, 3.05) is 32.6 Å². The van der Waals surface area contributed by atoms with Gasteiger partial charge in [-0.2, -0.15) is 9.29 Å². The number of hydrogen-bond donors (Lipinski definition) is 2. The summed E-state index contributed by atoms with van der Waals surface area (Å²) >= 11 is 0. The van der Waals surface area contributed by atoms with Crippen LogP contribution < -0.4 is 14.8 Å². The number of carbonyl (C=O) groups is 1. The summed E-state index contributed by atoms with van der Waals surface area (Å²) in [7, 11) is -0.916. The molecule has 0 bridgehead atoms. The van der Waals surface area contributed by atoms with Crippen molar-refractivity contribution in [3.63, 3.8) is 0 Å². The number of anilines is 2. The number of nitrogens with one attached hydrogen (secondary N) is 1. The average molecular weight is 618 g/mol. The van der Waals surface area contributed by atoms with Gasteiger partial charge in [-0.25, -0.2) is 18.2 Å². The van der Waals surface area contributed by atoms with Gasteiger partial charge in [-0.15, -0.1) is 0 Å². The van der Waals surface area contributed by atoms with Gasteiger partial charge in [-0.05, 0) is 67.0 Å². The van der Waals surface area contributed by atoms with Crippen LogP contribution in [0, 0.1) is 0 Å². The maximum absolute atomic E-state index is 14.0. The van der Waals surface area contributed by atoms with E-state index in [2.05, 4.69) is 20.3 Å². The first-order valence-corrected chi connectivity index (χ1v) is 16.3. The van der Waals surface area contributed by atoms with Gasteiger partial charge in [0, 0.05) is 36.6 Å². The molecule has 0 amide bonds. The molecular formula is C32H35N5O6S. The number of carboxylic acid groups (broad SMARTS) is 1. The number of fused-ring (bicyclic) bond motifs is 1. The maximum atomic E-state index is 14.0. The maximum Gasteiger partial charge on any atom is 0.335 e. The number of benzene rings is 2. The van der Waals surface area contributed by atoms with E-state index < -0.39 is 16.0 Å². The summed E-state index contributed by atoms with van der Waals surface area (Å²) in [5.41, 5.74) is 3.84. The van der Waals surface area contributed by atoms with Crippen LogP contribution in [-0.2, 0) is 10.0 Å². The molecule has 230 valence electrons. The molecule has 4 aromatic rings. The van der Waals surface area contributed by atoms with Crippen molar-refractivity contribution in [1.82, 2.24) is 19.3 Å². The summed E-state index contributed by atoms with van der Waals surface area (Å²) < 4.78 is 40.2. The first-order chi connectivity index (χ1) is 21.3. The van der Waals surface area contributed by atoms with E-state index in [1.54, 1.807) is 24.4 Å². The Hall–Kier alpha value is -4.29. The van der Waals surface area contributed by atoms with E-state index in [9.17, 15) is 18.3 Å². The minimum absolute atomic E-state index is 0.0492. The van der Waals surface area contributed by atoms with Gasteiger partial charge in [0.1, 0.15) is 4.90 Å². The normalized spacial score (nSPS) is 16.2. The molecule has 2 aromatic heterocycles. The van der Waals surface area contributed by atoms with Crippen LogP contribution in [0.25, 0.3) is 22.0 Å². The number of nitrogens with zero attached hydrogens (tertiary/aromatic N) is 4. The standard InChI is InChI=1S/C32H35N5O6S/c1-42-30-26(18-34-32(36-30)43-2)21-10-11-25-27(17-21)33-19-28(44(40,41)37-12-6-3-7-13-37)29(25)35-24-15-22(20-8-4-5-9-20)14-23(16-24)31(38)39/h10-11,14-20H,3-9,12-13H2,1-2H3,(H,33,35)(H,38,39). The lowest BCUT2D eigenvalue weighted by molar-refractivity contribution is 0.0696. The third kappa shape index (κ3) is 5.79. The van der Waals surface area contributed by atoms with Gasteiger partial charge in [0.25, 0.3) is 0 Å². The van der Waals surface area contributed by atoms with Gasteiger partial charge >= 0.3 is 12.0 Å². The quantitative estimate of drug-likeness (QED) is 0.230. The van der Waals surface area contributed by atoms with Crippen molar-refractivity contribution in [3.8, 4) is 23.0 Å². The SMILES string of the molecule is COc1ncc(-c2ccc3c(Nc4cc(C(=O)O)cc(C5CCCC5)c4)c(S(=O)(=O)N4CCCCC4)cnc3c2)c(OC)n1. The highest BCUT2D eigenvalue weighted by atomic mass is 32.2. The van der Waals surface area contributed by atoms with E-state index in [-0.39, 0.29) is 22.4 Å². The molecule has 11 nitrogen and oxygen atoms in total. The summed E-state index contributed by atoms with van der Waals surface area (Å²) in [6.45, 7) is 0.882. The van der Waals surface area contributed by atoms with Gasteiger partial charge < -0.3 is 19.9 Å². The fourth-order valence-corrected chi connectivity index (χ4v) is 7.82. The number of aromatic carboxylic acids is 1. The second-order valence-corrected chi connectivity index (χ2v) is 13.1. The second kappa shape index (κ2) is 12.4. The molecule has 1 aliphatic heterocycles. The van der Waals surface area contributed by atoms with Gasteiger partial charge in [0.2, 0.25) is 15.9 Å². The number of piperidine rings is 1. The third-order valence-corrected chi connectivity index (χ3v) is 10.4. The number of methoxy groups -OCH3 is 2. The van der Waals surface area contributed by atoms with Crippen molar-refractivity contribution < 1.29 is 27.8 Å². The van der Waals surface area contributed by atoms with Crippen molar-refractivity contribution in [1.29, 1.82) is 0 Å². The molecule has 2 aliphatic rings. The topological polar surface area (TPSA) is 144 Å². The number of aromatic nitrogens is 3. The fourth-order valence-electron chi connectivity index (χ4n) is 6.20. The molecule has 44 heavy (non-hydrogen) atoms. The molecule has 1 saturated heterocycles. The summed E-state index contributed by atoms with van der Waals surface area (Å²) in [5.74, 6) is -0.442.